The van der Waals surface area contributed by atoms with Crippen LogP contribution in [0.3, 0.4) is 0 Å². The number of carbonyl (C=O) groups is 2. The van der Waals surface area contributed by atoms with Gasteiger partial charge in [0.2, 0.25) is 0 Å². The summed E-state index contributed by atoms with van der Waals surface area (Å²) < 4.78 is 0. The largest absolute Gasteiger partial charge is 0.480 e. The molecule has 0 aliphatic heterocycles. The summed E-state index contributed by atoms with van der Waals surface area (Å²) in [5.41, 5.74) is 5.33. The highest BCUT2D eigenvalue weighted by Crippen LogP contribution is 2.00. The second-order valence-corrected chi connectivity index (χ2v) is 3.70. The molecule has 0 spiro atoms. The molecule has 0 saturated carbocycles. The summed E-state index contributed by atoms with van der Waals surface area (Å²) in [6.45, 7) is 1.29. The molecular weight excluding hydrogens is 226 g/mol. The van der Waals surface area contributed by atoms with Crippen LogP contribution in [0.1, 0.15) is 19.3 Å². The zero-order valence-electron chi connectivity index (χ0n) is 9.82. The van der Waals surface area contributed by atoms with Crippen LogP contribution in [0.5, 0.6) is 0 Å². The SMILES string of the molecule is NCCCCC(NCCNCC(=O)O)C(=O)O. The monoisotopic (exact) mass is 247 g/mol. The van der Waals surface area contributed by atoms with Crippen LogP contribution in [0, 0.1) is 0 Å². The zero-order chi connectivity index (χ0) is 13.1. The summed E-state index contributed by atoms with van der Waals surface area (Å²) >= 11 is 0. The van der Waals surface area contributed by atoms with E-state index in [1.807, 2.05) is 0 Å². The minimum Gasteiger partial charge on any atom is -0.480 e. The number of carboxylic acid groups (broad SMARTS) is 2. The molecule has 1 unspecified atom stereocenters. The lowest BCUT2D eigenvalue weighted by molar-refractivity contribution is -0.140. The Balaban J connectivity index is 3.63. The second-order valence-electron chi connectivity index (χ2n) is 3.70. The van der Waals surface area contributed by atoms with Crippen LogP contribution in [0.15, 0.2) is 0 Å². The van der Waals surface area contributed by atoms with Crippen molar-refractivity contribution in [3.05, 3.63) is 0 Å². The Labute approximate surface area is 100 Å². The molecule has 6 N–H and O–H groups in total. The lowest BCUT2D eigenvalue weighted by Crippen LogP contribution is -2.41. The third kappa shape index (κ3) is 9.73. The average molecular weight is 247 g/mol. The first-order valence-corrected chi connectivity index (χ1v) is 5.66. The molecule has 7 nitrogen and oxygen atoms in total. The van der Waals surface area contributed by atoms with E-state index in [0.717, 1.165) is 12.8 Å². The van der Waals surface area contributed by atoms with Crippen molar-refractivity contribution in [1.82, 2.24) is 10.6 Å². The molecule has 0 aliphatic carbocycles. The molecule has 0 bridgehead atoms. The van der Waals surface area contributed by atoms with E-state index in [2.05, 4.69) is 10.6 Å². The van der Waals surface area contributed by atoms with E-state index in [0.29, 0.717) is 26.1 Å². The molecule has 0 aromatic heterocycles. The number of nitrogens with two attached hydrogens (primary N) is 1. The van der Waals surface area contributed by atoms with Crippen molar-refractivity contribution in [1.29, 1.82) is 0 Å². The van der Waals surface area contributed by atoms with Gasteiger partial charge >= 0.3 is 11.9 Å². The Kier molecular flexibility index (Phi) is 9.31. The van der Waals surface area contributed by atoms with E-state index in [4.69, 9.17) is 15.9 Å². The molecule has 0 heterocycles. The van der Waals surface area contributed by atoms with Gasteiger partial charge in [0.15, 0.2) is 0 Å². The van der Waals surface area contributed by atoms with Gasteiger partial charge < -0.3 is 26.6 Å². The fraction of sp³-hybridized carbons (Fsp3) is 0.800. The molecule has 0 fully saturated rings. The molecule has 0 aromatic rings. The van der Waals surface area contributed by atoms with Crippen molar-refractivity contribution in [3.8, 4) is 0 Å². The lowest BCUT2D eigenvalue weighted by Gasteiger charge is -2.14. The van der Waals surface area contributed by atoms with E-state index in [9.17, 15) is 9.59 Å². The molecule has 7 heteroatoms. The number of aliphatic carboxylic acids is 2. The summed E-state index contributed by atoms with van der Waals surface area (Å²) in [6, 6.07) is -0.590. The predicted octanol–water partition coefficient (Wildman–Crippen LogP) is -1.17. The van der Waals surface area contributed by atoms with Gasteiger partial charge in [0.25, 0.3) is 0 Å². The van der Waals surface area contributed by atoms with Crippen LogP contribution in [-0.2, 0) is 9.59 Å². The minimum absolute atomic E-state index is 0.118. The highest BCUT2D eigenvalue weighted by Gasteiger charge is 2.15. The van der Waals surface area contributed by atoms with Gasteiger partial charge in [-0.2, -0.15) is 0 Å². The Morgan fingerprint density at radius 2 is 1.88 bits per heavy atom. The highest BCUT2D eigenvalue weighted by atomic mass is 16.4. The molecule has 17 heavy (non-hydrogen) atoms. The third-order valence-electron chi connectivity index (χ3n) is 2.21. The smallest absolute Gasteiger partial charge is 0.320 e. The van der Waals surface area contributed by atoms with Crippen LogP contribution in [0.25, 0.3) is 0 Å². The van der Waals surface area contributed by atoms with Crippen LogP contribution in [0.4, 0.5) is 0 Å². The zero-order valence-corrected chi connectivity index (χ0v) is 9.82. The molecule has 100 valence electrons. The standard InChI is InChI=1S/C10H21N3O4/c11-4-2-1-3-8(10(16)17)13-6-5-12-7-9(14)15/h8,12-13H,1-7,11H2,(H,14,15)(H,16,17). The lowest BCUT2D eigenvalue weighted by atomic mass is 10.1. The van der Waals surface area contributed by atoms with Gasteiger partial charge in [0.05, 0.1) is 6.54 Å². The number of rotatable bonds is 11. The molecule has 0 rings (SSSR count). The van der Waals surface area contributed by atoms with Gasteiger partial charge in [-0.15, -0.1) is 0 Å². The van der Waals surface area contributed by atoms with Crippen LogP contribution in [0.2, 0.25) is 0 Å². The van der Waals surface area contributed by atoms with Crippen molar-refractivity contribution in [2.75, 3.05) is 26.2 Å². The number of carboxylic acids is 2. The van der Waals surface area contributed by atoms with Crippen molar-refractivity contribution in [3.63, 3.8) is 0 Å². The molecule has 0 saturated heterocycles. The number of hydrogen-bond donors (Lipinski definition) is 5. The summed E-state index contributed by atoms with van der Waals surface area (Å²) in [6.07, 6.45) is 2.11. The van der Waals surface area contributed by atoms with E-state index in [1.54, 1.807) is 0 Å². The second kappa shape index (κ2) is 10.0. The van der Waals surface area contributed by atoms with Gasteiger partial charge in [-0.25, -0.2) is 0 Å². The Bertz CT molecular complexity index is 236. The van der Waals surface area contributed by atoms with Gasteiger partial charge in [-0.3, -0.25) is 9.59 Å². The molecule has 0 radical (unpaired) electrons. The maximum Gasteiger partial charge on any atom is 0.320 e. The van der Waals surface area contributed by atoms with E-state index >= 15 is 0 Å². The molecule has 0 aliphatic rings. The Morgan fingerprint density at radius 3 is 2.41 bits per heavy atom. The molecule has 1 atom stereocenters. The van der Waals surface area contributed by atoms with E-state index in [-0.39, 0.29) is 6.54 Å². The Morgan fingerprint density at radius 1 is 1.18 bits per heavy atom. The van der Waals surface area contributed by atoms with Gasteiger partial charge in [-0.05, 0) is 19.4 Å². The predicted molar refractivity (Wildman–Crippen MR) is 62.8 cm³/mol. The van der Waals surface area contributed by atoms with Gasteiger partial charge in [-0.1, -0.05) is 6.42 Å². The van der Waals surface area contributed by atoms with E-state index in [1.165, 1.54) is 0 Å². The van der Waals surface area contributed by atoms with Crippen molar-refractivity contribution >= 4 is 11.9 Å². The molecule has 0 aromatic carbocycles. The quantitative estimate of drug-likeness (QED) is 0.291. The first-order valence-electron chi connectivity index (χ1n) is 5.66. The summed E-state index contributed by atoms with van der Waals surface area (Å²) in [5.74, 6) is -1.82. The maximum atomic E-state index is 10.9. The topological polar surface area (TPSA) is 125 Å². The van der Waals surface area contributed by atoms with Gasteiger partial charge in [0.1, 0.15) is 6.04 Å². The van der Waals surface area contributed by atoms with Crippen molar-refractivity contribution in [2.24, 2.45) is 5.73 Å². The molecular formula is C10H21N3O4. The summed E-state index contributed by atoms with van der Waals surface area (Å²) in [5, 5.41) is 22.8. The fourth-order valence-electron chi connectivity index (χ4n) is 1.34. The van der Waals surface area contributed by atoms with Crippen LogP contribution >= 0.6 is 0 Å². The third-order valence-corrected chi connectivity index (χ3v) is 2.21. The maximum absolute atomic E-state index is 10.9. The van der Waals surface area contributed by atoms with Crippen molar-refractivity contribution < 1.29 is 19.8 Å². The normalized spacial score (nSPS) is 12.3. The van der Waals surface area contributed by atoms with E-state index < -0.39 is 18.0 Å². The highest BCUT2D eigenvalue weighted by molar-refractivity contribution is 5.73. The number of nitrogens with one attached hydrogen (secondary N) is 2. The minimum atomic E-state index is -0.928. The van der Waals surface area contributed by atoms with Crippen molar-refractivity contribution in [2.45, 2.75) is 25.3 Å². The molecule has 0 amide bonds. The summed E-state index contributed by atoms with van der Waals surface area (Å²) in [7, 11) is 0. The Hall–Kier alpha value is -1.18. The van der Waals surface area contributed by atoms with Crippen LogP contribution in [-0.4, -0.2) is 54.4 Å². The van der Waals surface area contributed by atoms with Crippen LogP contribution < -0.4 is 16.4 Å². The first-order chi connectivity index (χ1) is 8.07. The fourth-order valence-corrected chi connectivity index (χ4v) is 1.34. The van der Waals surface area contributed by atoms with Gasteiger partial charge in [0, 0.05) is 13.1 Å². The number of hydrogen-bond acceptors (Lipinski definition) is 5. The number of unbranched alkanes of at least 4 members (excludes halogenated alkanes) is 1. The summed E-state index contributed by atoms with van der Waals surface area (Å²) in [4.78, 5) is 21.0. The first kappa shape index (κ1) is 15.8. The average Bonchev–Trinajstić information content (AvgIpc) is 2.25.